The average molecular weight is 202 g/mol. The first kappa shape index (κ1) is 11.5. The van der Waals surface area contributed by atoms with Crippen LogP contribution in [0.15, 0.2) is 0 Å². The summed E-state index contributed by atoms with van der Waals surface area (Å²) < 4.78 is 15.0. The van der Waals surface area contributed by atoms with Crippen molar-refractivity contribution in [2.24, 2.45) is 17.3 Å². The van der Waals surface area contributed by atoms with E-state index in [9.17, 15) is 4.79 Å². The fourth-order valence-corrected chi connectivity index (χ4v) is 2.15. The lowest BCUT2D eigenvalue weighted by molar-refractivity contribution is -0.147. The highest BCUT2D eigenvalue weighted by atomic mass is 16.7. The molecule has 0 aromatic rings. The standard InChI is InChI=1S/C10H18O4/c1-10(2)6(8(11)12-3)7(10)9(13-4)14-5/h6-7,9H,1-5H3/t6-,7-/m1/s1. The van der Waals surface area contributed by atoms with Gasteiger partial charge in [0.05, 0.1) is 13.0 Å². The Labute approximate surface area is 84.5 Å². The van der Waals surface area contributed by atoms with Gasteiger partial charge in [0.2, 0.25) is 0 Å². The van der Waals surface area contributed by atoms with Gasteiger partial charge in [0.1, 0.15) is 0 Å². The number of rotatable bonds is 4. The quantitative estimate of drug-likeness (QED) is 0.505. The zero-order valence-corrected chi connectivity index (χ0v) is 9.37. The molecule has 1 fully saturated rings. The van der Waals surface area contributed by atoms with Gasteiger partial charge >= 0.3 is 5.97 Å². The van der Waals surface area contributed by atoms with Gasteiger partial charge in [-0.15, -0.1) is 0 Å². The summed E-state index contributed by atoms with van der Waals surface area (Å²) in [7, 11) is 4.57. The van der Waals surface area contributed by atoms with Crippen molar-refractivity contribution in [3.05, 3.63) is 0 Å². The first-order chi connectivity index (χ1) is 6.50. The molecule has 0 heterocycles. The van der Waals surface area contributed by atoms with Gasteiger partial charge in [0.25, 0.3) is 0 Å². The van der Waals surface area contributed by atoms with Crippen molar-refractivity contribution < 1.29 is 19.0 Å². The normalized spacial score (nSPS) is 29.0. The van der Waals surface area contributed by atoms with Crippen LogP contribution < -0.4 is 0 Å². The number of carbonyl (C=O) groups is 1. The number of ether oxygens (including phenoxy) is 3. The van der Waals surface area contributed by atoms with Gasteiger partial charge in [-0.2, -0.15) is 0 Å². The Hall–Kier alpha value is -0.610. The molecule has 1 rings (SSSR count). The largest absolute Gasteiger partial charge is 0.469 e. The molecule has 0 aromatic heterocycles. The SMILES string of the molecule is COC(=O)[C@H]1[C@H](C(OC)OC)C1(C)C. The maximum absolute atomic E-state index is 11.4. The molecule has 0 radical (unpaired) electrons. The third-order valence-electron chi connectivity index (χ3n) is 3.12. The second kappa shape index (κ2) is 3.87. The molecule has 0 N–H and O–H groups in total. The first-order valence-electron chi connectivity index (χ1n) is 4.64. The number of hydrogen-bond donors (Lipinski definition) is 0. The smallest absolute Gasteiger partial charge is 0.309 e. The third-order valence-corrected chi connectivity index (χ3v) is 3.12. The lowest BCUT2D eigenvalue weighted by Crippen LogP contribution is -2.19. The Morgan fingerprint density at radius 3 is 2.07 bits per heavy atom. The lowest BCUT2D eigenvalue weighted by Gasteiger charge is -2.14. The molecular weight excluding hydrogens is 184 g/mol. The molecule has 0 unspecified atom stereocenters. The fraction of sp³-hybridized carbons (Fsp3) is 0.900. The second-order valence-corrected chi connectivity index (χ2v) is 4.19. The summed E-state index contributed by atoms with van der Waals surface area (Å²) in [6.45, 7) is 4.04. The van der Waals surface area contributed by atoms with E-state index in [1.54, 1.807) is 14.2 Å². The van der Waals surface area contributed by atoms with Crippen molar-refractivity contribution in [2.45, 2.75) is 20.1 Å². The topological polar surface area (TPSA) is 44.8 Å². The van der Waals surface area contributed by atoms with Gasteiger partial charge in [-0.3, -0.25) is 4.79 Å². The van der Waals surface area contributed by atoms with Crippen LogP contribution in [0.3, 0.4) is 0 Å². The molecule has 14 heavy (non-hydrogen) atoms. The Bertz CT molecular complexity index is 220. The number of carbonyl (C=O) groups excluding carboxylic acids is 1. The maximum atomic E-state index is 11.4. The van der Waals surface area contributed by atoms with Gasteiger partial charge in [-0.25, -0.2) is 0 Å². The molecule has 0 amide bonds. The number of methoxy groups -OCH3 is 3. The fourth-order valence-electron chi connectivity index (χ4n) is 2.15. The molecule has 0 aliphatic heterocycles. The predicted octanol–water partition coefficient (Wildman–Crippen LogP) is 1.05. The van der Waals surface area contributed by atoms with Crippen LogP contribution in [0.25, 0.3) is 0 Å². The summed E-state index contributed by atoms with van der Waals surface area (Å²) in [5, 5.41) is 0. The Morgan fingerprint density at radius 1 is 1.21 bits per heavy atom. The molecule has 2 atom stereocenters. The van der Waals surface area contributed by atoms with Crippen molar-refractivity contribution in [1.29, 1.82) is 0 Å². The van der Waals surface area contributed by atoms with Crippen LogP contribution in [0.5, 0.6) is 0 Å². The maximum Gasteiger partial charge on any atom is 0.309 e. The van der Waals surface area contributed by atoms with Gasteiger partial charge in [0.15, 0.2) is 6.29 Å². The summed E-state index contributed by atoms with van der Waals surface area (Å²) in [5.74, 6) is -0.207. The van der Waals surface area contributed by atoms with Crippen LogP contribution >= 0.6 is 0 Å². The zero-order chi connectivity index (χ0) is 10.9. The minimum atomic E-state index is -0.325. The molecule has 0 bridgehead atoms. The molecule has 1 saturated carbocycles. The number of hydrogen-bond acceptors (Lipinski definition) is 4. The van der Waals surface area contributed by atoms with Crippen LogP contribution in [-0.4, -0.2) is 33.6 Å². The minimum absolute atomic E-state index is 0.0879. The van der Waals surface area contributed by atoms with Crippen LogP contribution in [0, 0.1) is 17.3 Å². The van der Waals surface area contributed by atoms with Crippen molar-refractivity contribution in [2.75, 3.05) is 21.3 Å². The average Bonchev–Trinajstić information content (AvgIpc) is 2.71. The van der Waals surface area contributed by atoms with Crippen LogP contribution in [-0.2, 0) is 19.0 Å². The molecule has 1 aliphatic carbocycles. The minimum Gasteiger partial charge on any atom is -0.469 e. The van der Waals surface area contributed by atoms with Gasteiger partial charge in [0, 0.05) is 20.1 Å². The van der Waals surface area contributed by atoms with E-state index in [0.29, 0.717) is 0 Å². The van der Waals surface area contributed by atoms with Crippen LogP contribution in [0.1, 0.15) is 13.8 Å². The highest BCUT2D eigenvalue weighted by Crippen LogP contribution is 2.60. The summed E-state index contributed by atoms with van der Waals surface area (Å²) in [5.41, 5.74) is -0.0935. The van der Waals surface area contributed by atoms with Crippen molar-refractivity contribution in [1.82, 2.24) is 0 Å². The molecule has 0 spiro atoms. The van der Waals surface area contributed by atoms with Crippen molar-refractivity contribution >= 4 is 5.97 Å². The van der Waals surface area contributed by atoms with E-state index in [4.69, 9.17) is 14.2 Å². The van der Waals surface area contributed by atoms with E-state index in [1.807, 2.05) is 13.8 Å². The Morgan fingerprint density at radius 2 is 1.71 bits per heavy atom. The molecule has 4 nitrogen and oxygen atoms in total. The van der Waals surface area contributed by atoms with E-state index in [1.165, 1.54) is 7.11 Å². The van der Waals surface area contributed by atoms with Crippen molar-refractivity contribution in [3.63, 3.8) is 0 Å². The van der Waals surface area contributed by atoms with E-state index >= 15 is 0 Å². The second-order valence-electron chi connectivity index (χ2n) is 4.19. The van der Waals surface area contributed by atoms with Crippen molar-refractivity contribution in [3.8, 4) is 0 Å². The molecule has 0 saturated heterocycles. The summed E-state index contributed by atoms with van der Waals surface area (Å²) in [4.78, 5) is 11.4. The van der Waals surface area contributed by atoms with Gasteiger partial charge in [-0.1, -0.05) is 13.8 Å². The predicted molar refractivity (Wildman–Crippen MR) is 50.6 cm³/mol. The van der Waals surface area contributed by atoms with E-state index in [-0.39, 0.29) is 29.5 Å². The van der Waals surface area contributed by atoms with Crippen LogP contribution in [0.4, 0.5) is 0 Å². The Kier molecular flexibility index (Phi) is 3.17. The molecule has 4 heteroatoms. The highest BCUT2D eigenvalue weighted by Gasteiger charge is 2.66. The van der Waals surface area contributed by atoms with E-state index < -0.39 is 0 Å². The Balaban J connectivity index is 2.69. The molecule has 0 aromatic carbocycles. The first-order valence-corrected chi connectivity index (χ1v) is 4.64. The van der Waals surface area contributed by atoms with E-state index in [2.05, 4.69) is 0 Å². The third kappa shape index (κ3) is 1.64. The molecular formula is C10H18O4. The lowest BCUT2D eigenvalue weighted by atomic mass is 10.1. The van der Waals surface area contributed by atoms with Crippen LogP contribution in [0.2, 0.25) is 0 Å². The number of esters is 1. The summed E-state index contributed by atoms with van der Waals surface area (Å²) >= 11 is 0. The highest BCUT2D eigenvalue weighted by molar-refractivity contribution is 5.77. The van der Waals surface area contributed by atoms with Gasteiger partial charge in [-0.05, 0) is 5.41 Å². The van der Waals surface area contributed by atoms with E-state index in [0.717, 1.165) is 0 Å². The molecule has 1 aliphatic rings. The zero-order valence-electron chi connectivity index (χ0n) is 9.37. The monoisotopic (exact) mass is 202 g/mol. The molecule has 82 valence electrons. The summed E-state index contributed by atoms with van der Waals surface area (Å²) in [6, 6.07) is 0. The van der Waals surface area contributed by atoms with Gasteiger partial charge < -0.3 is 14.2 Å². The summed E-state index contributed by atoms with van der Waals surface area (Å²) in [6.07, 6.45) is -0.325.